The van der Waals surface area contributed by atoms with Gasteiger partial charge in [0.15, 0.2) is 0 Å². The van der Waals surface area contributed by atoms with Crippen molar-refractivity contribution in [2.45, 2.75) is 6.42 Å². The van der Waals surface area contributed by atoms with E-state index < -0.39 is 11.9 Å². The first-order valence-corrected chi connectivity index (χ1v) is 3.90. The molecule has 4 nitrogen and oxygen atoms in total. The minimum atomic E-state index is -1.02. The van der Waals surface area contributed by atoms with E-state index in [1.54, 1.807) is 0 Å². The molecule has 0 atom stereocenters. The van der Waals surface area contributed by atoms with Crippen LogP contribution in [0.4, 0.5) is 0 Å². The summed E-state index contributed by atoms with van der Waals surface area (Å²) in [6.45, 7) is 0. The third-order valence-corrected chi connectivity index (χ3v) is 1.51. The van der Waals surface area contributed by atoms with Crippen LogP contribution in [-0.2, 0) is 9.59 Å². The van der Waals surface area contributed by atoms with Gasteiger partial charge in [0.2, 0.25) is 0 Å². The van der Waals surface area contributed by atoms with Gasteiger partial charge < -0.3 is 10.2 Å². The topological polar surface area (TPSA) is 74.6 Å². The third kappa shape index (κ3) is 9.03. The van der Waals surface area contributed by atoms with Crippen LogP contribution >= 0.6 is 11.8 Å². The van der Waals surface area contributed by atoms with E-state index in [0.717, 1.165) is 6.08 Å². The quantitative estimate of drug-likeness (QED) is 0.478. The number of hydrogen-bond donors (Lipinski definition) is 2. The van der Waals surface area contributed by atoms with Gasteiger partial charge in [-0.1, -0.05) is 0 Å². The van der Waals surface area contributed by atoms with Gasteiger partial charge in [-0.25, -0.2) is 4.79 Å². The molecule has 0 radical (unpaired) electrons. The summed E-state index contributed by atoms with van der Waals surface area (Å²) in [5, 5.41) is 17.6. The lowest BCUT2D eigenvalue weighted by Crippen LogP contribution is -1.95. The normalized spacial score (nSPS) is 10.2. The van der Waals surface area contributed by atoms with Crippen LogP contribution in [0, 0.1) is 0 Å². The zero-order valence-electron chi connectivity index (χ0n) is 5.69. The van der Waals surface area contributed by atoms with Crippen LogP contribution in [0.3, 0.4) is 0 Å². The van der Waals surface area contributed by atoms with Crippen molar-refractivity contribution < 1.29 is 19.8 Å². The van der Waals surface area contributed by atoms with Crippen molar-refractivity contribution >= 4 is 23.7 Å². The fraction of sp³-hybridized carbons (Fsp3) is 0.333. The van der Waals surface area contributed by atoms with Crippen LogP contribution in [0.15, 0.2) is 11.5 Å². The largest absolute Gasteiger partial charge is 0.481 e. The smallest absolute Gasteiger partial charge is 0.328 e. The van der Waals surface area contributed by atoms with E-state index in [9.17, 15) is 9.59 Å². The highest BCUT2D eigenvalue weighted by Crippen LogP contribution is 2.03. The third-order valence-electron chi connectivity index (χ3n) is 0.741. The second-order valence-electron chi connectivity index (χ2n) is 1.66. The van der Waals surface area contributed by atoms with Gasteiger partial charge in [0.25, 0.3) is 0 Å². The minimum absolute atomic E-state index is 0.0502. The zero-order chi connectivity index (χ0) is 8.69. The Kier molecular flexibility index (Phi) is 5.28. The molecule has 2 N–H and O–H groups in total. The maximum atomic E-state index is 9.94. The SMILES string of the molecule is O=C(O)/C=C\SCCC(=O)O. The lowest BCUT2D eigenvalue weighted by atomic mass is 10.5. The molecule has 0 saturated carbocycles. The number of hydrogen-bond acceptors (Lipinski definition) is 3. The number of carbonyl (C=O) groups is 2. The number of carboxylic acid groups (broad SMARTS) is 2. The molecule has 0 aliphatic carbocycles. The predicted octanol–water partition coefficient (Wildman–Crippen LogP) is 0.793. The molecule has 0 spiro atoms. The summed E-state index contributed by atoms with van der Waals surface area (Å²) in [5.74, 6) is -1.49. The molecule has 11 heavy (non-hydrogen) atoms. The van der Waals surface area contributed by atoms with E-state index >= 15 is 0 Å². The van der Waals surface area contributed by atoms with Crippen molar-refractivity contribution in [3.63, 3.8) is 0 Å². The van der Waals surface area contributed by atoms with Crippen LogP contribution in [0.2, 0.25) is 0 Å². The van der Waals surface area contributed by atoms with Crippen molar-refractivity contribution in [2.75, 3.05) is 5.75 Å². The number of aliphatic carboxylic acids is 2. The molecule has 0 amide bonds. The first kappa shape index (κ1) is 10.0. The minimum Gasteiger partial charge on any atom is -0.481 e. The Bertz CT molecular complexity index is 175. The first-order valence-electron chi connectivity index (χ1n) is 2.86. The van der Waals surface area contributed by atoms with Gasteiger partial charge in [-0.3, -0.25) is 4.79 Å². The van der Waals surface area contributed by atoms with Crippen molar-refractivity contribution in [3.8, 4) is 0 Å². The summed E-state index contributed by atoms with van der Waals surface area (Å²) < 4.78 is 0. The molecule has 0 unspecified atom stereocenters. The average Bonchev–Trinajstić information content (AvgIpc) is 1.85. The summed E-state index contributed by atoms with van der Waals surface area (Å²) in [4.78, 5) is 19.8. The molecule has 0 bridgehead atoms. The molecule has 0 heterocycles. The zero-order valence-corrected chi connectivity index (χ0v) is 6.50. The average molecular weight is 176 g/mol. The number of carboxylic acids is 2. The van der Waals surface area contributed by atoms with Crippen LogP contribution in [0.5, 0.6) is 0 Å². The van der Waals surface area contributed by atoms with Gasteiger partial charge in [0.05, 0.1) is 6.42 Å². The summed E-state index contributed by atoms with van der Waals surface area (Å²) in [5.41, 5.74) is 0. The molecule has 0 aromatic rings. The van der Waals surface area contributed by atoms with Crippen LogP contribution in [0.25, 0.3) is 0 Å². The van der Waals surface area contributed by atoms with Gasteiger partial charge in [0, 0.05) is 11.8 Å². The summed E-state index contributed by atoms with van der Waals surface area (Å²) in [6, 6.07) is 0. The molecule has 0 aliphatic heterocycles. The fourth-order valence-corrected chi connectivity index (χ4v) is 0.962. The number of rotatable bonds is 5. The highest BCUT2D eigenvalue weighted by atomic mass is 32.2. The Labute approximate surface area is 67.9 Å². The standard InChI is InChI=1S/C6H8O4S/c7-5(8)1-3-11-4-2-6(9)10/h1,3H,2,4H2,(H,7,8)(H,9,10)/b3-1-. The Hall–Kier alpha value is -0.970. The molecular weight excluding hydrogens is 168 g/mol. The maximum Gasteiger partial charge on any atom is 0.328 e. The highest BCUT2D eigenvalue weighted by molar-refractivity contribution is 8.02. The van der Waals surface area contributed by atoms with Crippen molar-refractivity contribution in [3.05, 3.63) is 11.5 Å². The van der Waals surface area contributed by atoms with Crippen LogP contribution in [-0.4, -0.2) is 27.9 Å². The molecule has 0 rings (SSSR count). The molecule has 0 saturated heterocycles. The predicted molar refractivity (Wildman–Crippen MR) is 41.5 cm³/mol. The molecule has 62 valence electrons. The molecule has 5 heteroatoms. The van der Waals surface area contributed by atoms with Crippen LogP contribution < -0.4 is 0 Å². The summed E-state index contributed by atoms with van der Waals surface area (Å²) in [6.07, 6.45) is 1.03. The van der Waals surface area contributed by atoms with Gasteiger partial charge in [-0.05, 0) is 5.41 Å². The molecule has 0 fully saturated rings. The second-order valence-corrected chi connectivity index (χ2v) is 2.67. The second kappa shape index (κ2) is 5.79. The maximum absolute atomic E-state index is 9.94. The Morgan fingerprint density at radius 3 is 2.45 bits per heavy atom. The van der Waals surface area contributed by atoms with E-state index in [-0.39, 0.29) is 6.42 Å². The lowest BCUT2D eigenvalue weighted by molar-refractivity contribution is -0.136. The van der Waals surface area contributed by atoms with Crippen molar-refractivity contribution in [1.82, 2.24) is 0 Å². The Morgan fingerprint density at radius 2 is 2.00 bits per heavy atom. The summed E-state index contributed by atoms with van der Waals surface area (Å²) in [7, 11) is 0. The van der Waals surface area contributed by atoms with Gasteiger partial charge >= 0.3 is 11.9 Å². The van der Waals surface area contributed by atoms with E-state index in [1.807, 2.05) is 0 Å². The highest BCUT2D eigenvalue weighted by Gasteiger charge is 1.93. The first-order chi connectivity index (χ1) is 5.13. The number of thioether (sulfide) groups is 1. The van der Waals surface area contributed by atoms with E-state index in [0.29, 0.717) is 5.75 Å². The van der Waals surface area contributed by atoms with Gasteiger partial charge in [-0.15, -0.1) is 11.8 Å². The van der Waals surface area contributed by atoms with E-state index in [2.05, 4.69) is 0 Å². The molecule has 0 aliphatic rings. The lowest BCUT2D eigenvalue weighted by Gasteiger charge is -1.88. The van der Waals surface area contributed by atoms with Crippen molar-refractivity contribution in [2.24, 2.45) is 0 Å². The fourth-order valence-electron chi connectivity index (χ4n) is 0.321. The molecular formula is C6H8O4S. The monoisotopic (exact) mass is 176 g/mol. The Balaban J connectivity index is 3.27. The van der Waals surface area contributed by atoms with E-state index in [4.69, 9.17) is 10.2 Å². The molecule has 0 aromatic heterocycles. The Morgan fingerprint density at radius 1 is 1.36 bits per heavy atom. The van der Waals surface area contributed by atoms with E-state index in [1.165, 1.54) is 17.2 Å². The van der Waals surface area contributed by atoms with Gasteiger partial charge in [-0.2, -0.15) is 0 Å². The van der Waals surface area contributed by atoms with Crippen LogP contribution in [0.1, 0.15) is 6.42 Å². The van der Waals surface area contributed by atoms with Crippen molar-refractivity contribution in [1.29, 1.82) is 0 Å². The molecule has 0 aromatic carbocycles. The van der Waals surface area contributed by atoms with Gasteiger partial charge in [0.1, 0.15) is 0 Å². The summed E-state index contributed by atoms with van der Waals surface area (Å²) >= 11 is 1.17.